The first-order chi connectivity index (χ1) is 12.4. The molecule has 5 heteroatoms. The number of hydrogen-bond donors (Lipinski definition) is 1. The third-order valence-electron chi connectivity index (χ3n) is 6.75. The van der Waals surface area contributed by atoms with E-state index in [0.717, 1.165) is 22.9 Å². The summed E-state index contributed by atoms with van der Waals surface area (Å²) in [6.07, 6.45) is 4.39. The number of aliphatic hydroxyl groups is 1. The molecule has 5 atom stereocenters. The van der Waals surface area contributed by atoms with Gasteiger partial charge in [-0.2, -0.15) is 0 Å². The number of ether oxygens (including phenoxy) is 1. The van der Waals surface area contributed by atoms with Gasteiger partial charge in [-0.15, -0.1) is 6.58 Å². The van der Waals surface area contributed by atoms with E-state index in [1.807, 2.05) is 37.3 Å². The summed E-state index contributed by atoms with van der Waals surface area (Å²) in [6.45, 7) is 6.93. The Bertz CT molecular complexity index is 854. The number of aliphatic hydroxyl groups excluding tert-OH is 1. The van der Waals surface area contributed by atoms with Crippen LogP contribution in [0.1, 0.15) is 31.4 Å². The lowest BCUT2D eigenvalue weighted by Crippen LogP contribution is -2.71. The predicted octanol–water partition coefficient (Wildman–Crippen LogP) is 3.58. The molecule has 5 rings (SSSR count). The fourth-order valence-electron chi connectivity index (χ4n) is 5.03. The molecule has 138 valence electrons. The second kappa shape index (κ2) is 6.05. The molecule has 4 heterocycles. The van der Waals surface area contributed by atoms with Crippen molar-refractivity contribution < 1.29 is 14.5 Å². The van der Waals surface area contributed by atoms with E-state index in [-0.39, 0.29) is 10.6 Å². The topological polar surface area (TPSA) is 65.4 Å². The molecule has 0 radical (unpaired) electrons. The first-order valence-corrected chi connectivity index (χ1v) is 9.23. The number of rotatable bonds is 4. The van der Waals surface area contributed by atoms with Crippen molar-refractivity contribution >= 4 is 10.9 Å². The lowest BCUT2D eigenvalue weighted by molar-refractivity contribution is -0.955. The Morgan fingerprint density at radius 2 is 2.27 bits per heavy atom. The Morgan fingerprint density at radius 1 is 1.46 bits per heavy atom. The Balaban J connectivity index is 1.79. The fourth-order valence-corrected chi connectivity index (χ4v) is 5.03. The molecule has 0 aliphatic carbocycles. The number of fused-ring (bicyclic) bond motifs is 4. The highest BCUT2D eigenvalue weighted by Crippen LogP contribution is 2.53. The third-order valence-corrected chi connectivity index (χ3v) is 6.75. The Hall–Kier alpha value is -1.95. The Kier molecular flexibility index (Phi) is 4.06. The minimum Gasteiger partial charge on any atom is -0.632 e. The van der Waals surface area contributed by atoms with Crippen LogP contribution in [0.3, 0.4) is 0 Å². The van der Waals surface area contributed by atoms with Crippen molar-refractivity contribution in [1.82, 2.24) is 4.98 Å². The number of hydrogen-bond acceptors (Lipinski definition) is 4. The number of pyridine rings is 1. The van der Waals surface area contributed by atoms with Crippen LogP contribution in [-0.2, 0) is 0 Å². The molecule has 3 fully saturated rings. The number of nitrogens with zero attached hydrogens (tertiary/aromatic N) is 2. The van der Waals surface area contributed by atoms with Gasteiger partial charge in [0.1, 0.15) is 17.4 Å². The molecule has 0 amide bonds. The minimum absolute atomic E-state index is 0.246. The fraction of sp³-hybridized carbons (Fsp3) is 0.476. The number of hydroxylamine groups is 3. The average molecular weight is 354 g/mol. The molecule has 2 bridgehead atoms. The van der Waals surface area contributed by atoms with Gasteiger partial charge in [-0.25, -0.2) is 0 Å². The van der Waals surface area contributed by atoms with E-state index in [4.69, 9.17) is 4.74 Å². The number of benzene rings is 1. The van der Waals surface area contributed by atoms with Crippen molar-refractivity contribution in [2.24, 2.45) is 11.8 Å². The maximum absolute atomic E-state index is 13.7. The maximum Gasteiger partial charge on any atom is 0.134 e. The molecule has 3 saturated heterocycles. The Labute approximate surface area is 154 Å². The van der Waals surface area contributed by atoms with Crippen LogP contribution in [0.15, 0.2) is 43.1 Å². The molecule has 3 aliphatic heterocycles. The van der Waals surface area contributed by atoms with Crippen molar-refractivity contribution in [3.05, 3.63) is 53.9 Å². The molecule has 3 aliphatic rings. The van der Waals surface area contributed by atoms with Gasteiger partial charge in [0.15, 0.2) is 0 Å². The molecular formula is C21H26N2O3. The summed E-state index contributed by atoms with van der Waals surface area (Å²) in [5.41, 5.74) is 0.788. The van der Waals surface area contributed by atoms with Crippen LogP contribution in [0, 0.1) is 17.0 Å². The molecule has 2 unspecified atom stereocenters. The molecule has 1 N–H and O–H groups in total. The van der Waals surface area contributed by atoms with Gasteiger partial charge in [0.2, 0.25) is 0 Å². The number of aromatic nitrogens is 1. The van der Waals surface area contributed by atoms with Crippen LogP contribution in [0.5, 0.6) is 5.75 Å². The summed E-state index contributed by atoms with van der Waals surface area (Å²) in [5, 5.41) is 26.0. The summed E-state index contributed by atoms with van der Waals surface area (Å²) in [6, 6.07) is 7.46. The predicted molar refractivity (Wildman–Crippen MR) is 101 cm³/mol. The molecule has 5 nitrogen and oxygen atoms in total. The van der Waals surface area contributed by atoms with E-state index >= 15 is 0 Å². The first kappa shape index (κ1) is 17.5. The van der Waals surface area contributed by atoms with Crippen molar-refractivity contribution in [3.63, 3.8) is 0 Å². The van der Waals surface area contributed by atoms with Gasteiger partial charge in [-0.3, -0.25) is 4.98 Å². The second-order valence-electron chi connectivity index (χ2n) is 7.99. The van der Waals surface area contributed by atoms with Crippen molar-refractivity contribution in [2.45, 2.75) is 31.4 Å². The average Bonchev–Trinajstić information content (AvgIpc) is 2.67. The molecule has 1 aromatic carbocycles. The van der Waals surface area contributed by atoms with Gasteiger partial charge in [-0.05, 0) is 42.7 Å². The van der Waals surface area contributed by atoms with Gasteiger partial charge in [0, 0.05) is 30.3 Å². The van der Waals surface area contributed by atoms with Gasteiger partial charge < -0.3 is 19.7 Å². The molecule has 1 aromatic heterocycles. The lowest BCUT2D eigenvalue weighted by atomic mass is 9.66. The van der Waals surface area contributed by atoms with Crippen LogP contribution in [0.25, 0.3) is 10.9 Å². The maximum atomic E-state index is 13.7. The van der Waals surface area contributed by atoms with E-state index in [2.05, 4.69) is 11.6 Å². The summed E-state index contributed by atoms with van der Waals surface area (Å²) in [4.78, 5) is 4.39. The highest BCUT2D eigenvalue weighted by atomic mass is 16.6. The van der Waals surface area contributed by atoms with E-state index in [9.17, 15) is 10.3 Å². The summed E-state index contributed by atoms with van der Waals surface area (Å²) in [5.74, 6) is 1.38. The van der Waals surface area contributed by atoms with Gasteiger partial charge in [0.05, 0.1) is 25.7 Å². The monoisotopic (exact) mass is 354 g/mol. The van der Waals surface area contributed by atoms with E-state index in [0.29, 0.717) is 31.2 Å². The Morgan fingerprint density at radius 3 is 2.96 bits per heavy atom. The van der Waals surface area contributed by atoms with Gasteiger partial charge in [-0.1, -0.05) is 6.08 Å². The van der Waals surface area contributed by atoms with Gasteiger partial charge in [0.25, 0.3) is 0 Å². The van der Waals surface area contributed by atoms with Crippen LogP contribution in [0.2, 0.25) is 0 Å². The molecular weight excluding hydrogens is 328 g/mol. The number of piperidine rings is 3. The number of methoxy groups -OCH3 is 1. The van der Waals surface area contributed by atoms with E-state index < -0.39 is 11.6 Å². The number of quaternary nitrogens is 1. The zero-order chi connectivity index (χ0) is 18.5. The lowest BCUT2D eigenvalue weighted by Gasteiger charge is -2.66. The van der Waals surface area contributed by atoms with Crippen LogP contribution in [0.4, 0.5) is 0 Å². The van der Waals surface area contributed by atoms with Crippen LogP contribution in [-0.4, -0.2) is 40.5 Å². The highest BCUT2D eigenvalue weighted by Gasteiger charge is 2.57. The van der Waals surface area contributed by atoms with E-state index in [1.54, 1.807) is 13.3 Å². The van der Waals surface area contributed by atoms with Crippen molar-refractivity contribution in [2.75, 3.05) is 20.2 Å². The smallest absolute Gasteiger partial charge is 0.134 e. The molecule has 26 heavy (non-hydrogen) atoms. The zero-order valence-corrected chi connectivity index (χ0v) is 15.4. The summed E-state index contributed by atoms with van der Waals surface area (Å²) < 4.78 is 4.99. The van der Waals surface area contributed by atoms with E-state index in [1.165, 1.54) is 0 Å². The van der Waals surface area contributed by atoms with Crippen LogP contribution < -0.4 is 4.74 Å². The SMILES string of the molecule is C=C[C@H]1C[N+]2([O-])CCC1C[C@@]2(C)[C@H](O)c1ccnc2ccc(OC)cc12. The molecule has 0 spiro atoms. The van der Waals surface area contributed by atoms with Crippen LogP contribution >= 0.6 is 0 Å². The first-order valence-electron chi connectivity index (χ1n) is 9.23. The highest BCUT2D eigenvalue weighted by molar-refractivity contribution is 5.84. The standard InChI is InChI=1S/C21H26N2O3/c1-4-14-13-23(25)10-8-15(14)12-21(23,2)20(24)17-7-9-22-19-6-5-16(26-3)11-18(17)19/h4-7,9,11,14-15,20,24H,1,8,10,12-13H2,2-3H3/t14-,15?,20+,21-,23?/m0/s1. The third kappa shape index (κ3) is 2.38. The van der Waals surface area contributed by atoms with Crippen molar-refractivity contribution in [1.29, 1.82) is 0 Å². The normalized spacial score (nSPS) is 34.6. The van der Waals surface area contributed by atoms with Crippen molar-refractivity contribution in [3.8, 4) is 5.75 Å². The summed E-state index contributed by atoms with van der Waals surface area (Å²) in [7, 11) is 1.62. The summed E-state index contributed by atoms with van der Waals surface area (Å²) >= 11 is 0. The van der Waals surface area contributed by atoms with Gasteiger partial charge >= 0.3 is 0 Å². The largest absolute Gasteiger partial charge is 0.632 e. The zero-order valence-electron chi connectivity index (χ0n) is 15.4. The quantitative estimate of drug-likeness (QED) is 0.518. The molecule has 0 saturated carbocycles. The second-order valence-corrected chi connectivity index (χ2v) is 7.99. The molecule has 2 aromatic rings. The minimum atomic E-state index is -0.855.